The van der Waals surface area contributed by atoms with Crippen LogP contribution in [0.25, 0.3) is 11.3 Å². The lowest BCUT2D eigenvalue weighted by Gasteiger charge is -2.06. The van der Waals surface area contributed by atoms with Crippen LogP contribution in [0.15, 0.2) is 40.8 Å². The van der Waals surface area contributed by atoms with Crippen molar-refractivity contribution in [3.8, 4) is 11.3 Å². The van der Waals surface area contributed by atoms with Gasteiger partial charge in [0.1, 0.15) is 11.5 Å². The Morgan fingerprint density at radius 1 is 1.37 bits per heavy atom. The van der Waals surface area contributed by atoms with Crippen LogP contribution in [0.4, 0.5) is 0 Å². The highest BCUT2D eigenvalue weighted by atomic mass is 16.4. The van der Waals surface area contributed by atoms with Crippen LogP contribution < -0.4 is 5.73 Å². The number of hydrogen-bond donors (Lipinski definition) is 2. The molecule has 1 unspecified atom stereocenters. The molecule has 19 heavy (non-hydrogen) atoms. The first-order chi connectivity index (χ1) is 9.11. The van der Waals surface area contributed by atoms with Gasteiger partial charge < -0.3 is 15.3 Å². The summed E-state index contributed by atoms with van der Waals surface area (Å²) >= 11 is 0. The molecule has 1 atom stereocenters. The molecule has 0 bridgehead atoms. The third-order valence-electron chi connectivity index (χ3n) is 3.11. The maximum absolute atomic E-state index is 10.9. The van der Waals surface area contributed by atoms with Crippen molar-refractivity contribution in [2.24, 2.45) is 5.73 Å². The van der Waals surface area contributed by atoms with Crippen LogP contribution in [0.1, 0.15) is 35.4 Å². The average Bonchev–Trinajstić information content (AvgIpc) is 2.89. The standard InChI is InChI=1S/C15H17NO3/c1-10(7-8-16)13-5-6-14(19-13)11-3-2-4-12(9-11)15(17)18/h2-6,9-10H,7-8,16H2,1H3,(H,17,18). The monoisotopic (exact) mass is 259 g/mol. The summed E-state index contributed by atoms with van der Waals surface area (Å²) < 4.78 is 5.77. The van der Waals surface area contributed by atoms with Gasteiger partial charge in [0.25, 0.3) is 0 Å². The van der Waals surface area contributed by atoms with Crippen LogP contribution in [-0.2, 0) is 0 Å². The number of nitrogens with two attached hydrogens (primary N) is 1. The molecule has 0 amide bonds. The SMILES string of the molecule is CC(CCN)c1ccc(-c2cccc(C(=O)O)c2)o1. The third-order valence-corrected chi connectivity index (χ3v) is 3.11. The fraction of sp³-hybridized carbons (Fsp3) is 0.267. The van der Waals surface area contributed by atoms with Crippen LogP contribution in [0.3, 0.4) is 0 Å². The maximum atomic E-state index is 10.9. The zero-order valence-corrected chi connectivity index (χ0v) is 10.8. The first kappa shape index (κ1) is 13.4. The maximum Gasteiger partial charge on any atom is 0.335 e. The number of hydrogen-bond acceptors (Lipinski definition) is 3. The van der Waals surface area contributed by atoms with Gasteiger partial charge >= 0.3 is 5.97 Å². The van der Waals surface area contributed by atoms with Gasteiger partial charge in [-0.2, -0.15) is 0 Å². The van der Waals surface area contributed by atoms with Gasteiger partial charge in [0, 0.05) is 11.5 Å². The molecule has 1 aromatic carbocycles. The summed E-state index contributed by atoms with van der Waals surface area (Å²) in [5, 5.41) is 8.98. The van der Waals surface area contributed by atoms with Crippen molar-refractivity contribution < 1.29 is 14.3 Å². The Bertz CT molecular complexity index is 574. The van der Waals surface area contributed by atoms with Crippen LogP contribution in [0, 0.1) is 0 Å². The predicted octanol–water partition coefficient (Wildman–Crippen LogP) is 3.10. The minimum Gasteiger partial charge on any atom is -0.478 e. The molecule has 2 aromatic rings. The van der Waals surface area contributed by atoms with Crippen molar-refractivity contribution in [3.05, 3.63) is 47.7 Å². The number of benzene rings is 1. The molecule has 0 saturated heterocycles. The number of rotatable bonds is 5. The molecule has 0 radical (unpaired) electrons. The van der Waals surface area contributed by atoms with E-state index in [1.165, 1.54) is 0 Å². The van der Waals surface area contributed by atoms with E-state index in [0.717, 1.165) is 17.7 Å². The second kappa shape index (κ2) is 5.71. The van der Waals surface area contributed by atoms with Gasteiger partial charge in [-0.15, -0.1) is 0 Å². The molecule has 1 aromatic heterocycles. The Morgan fingerprint density at radius 2 is 2.16 bits per heavy atom. The molecule has 2 rings (SSSR count). The van der Waals surface area contributed by atoms with E-state index in [2.05, 4.69) is 6.92 Å². The fourth-order valence-electron chi connectivity index (χ4n) is 1.97. The van der Waals surface area contributed by atoms with E-state index in [1.807, 2.05) is 18.2 Å². The molecule has 0 aliphatic carbocycles. The summed E-state index contributed by atoms with van der Waals surface area (Å²) in [7, 11) is 0. The van der Waals surface area contributed by atoms with Crippen molar-refractivity contribution in [3.63, 3.8) is 0 Å². The number of aromatic carboxylic acids is 1. The van der Waals surface area contributed by atoms with E-state index in [1.54, 1.807) is 18.2 Å². The van der Waals surface area contributed by atoms with Crippen molar-refractivity contribution in [1.82, 2.24) is 0 Å². The molecule has 0 fully saturated rings. The van der Waals surface area contributed by atoms with E-state index in [-0.39, 0.29) is 11.5 Å². The third kappa shape index (κ3) is 3.03. The zero-order valence-electron chi connectivity index (χ0n) is 10.8. The van der Waals surface area contributed by atoms with Gasteiger partial charge in [0.2, 0.25) is 0 Å². The molecule has 0 saturated carbocycles. The molecular weight excluding hydrogens is 242 g/mol. The van der Waals surface area contributed by atoms with Crippen LogP contribution in [-0.4, -0.2) is 17.6 Å². The van der Waals surface area contributed by atoms with Crippen molar-refractivity contribution in [2.75, 3.05) is 6.54 Å². The van der Waals surface area contributed by atoms with Gasteiger partial charge in [-0.1, -0.05) is 19.1 Å². The molecule has 0 aliphatic rings. The van der Waals surface area contributed by atoms with E-state index in [0.29, 0.717) is 12.3 Å². The Labute approximate surface area is 111 Å². The summed E-state index contributed by atoms with van der Waals surface area (Å²) in [5.74, 6) is 0.884. The normalized spacial score (nSPS) is 12.3. The van der Waals surface area contributed by atoms with Crippen LogP contribution in [0.2, 0.25) is 0 Å². The highest BCUT2D eigenvalue weighted by Crippen LogP contribution is 2.28. The topological polar surface area (TPSA) is 76.5 Å². The number of carbonyl (C=O) groups is 1. The van der Waals surface area contributed by atoms with E-state index >= 15 is 0 Å². The van der Waals surface area contributed by atoms with E-state index in [4.69, 9.17) is 15.3 Å². The van der Waals surface area contributed by atoms with Crippen molar-refractivity contribution in [1.29, 1.82) is 0 Å². The summed E-state index contributed by atoms with van der Waals surface area (Å²) in [5.41, 5.74) is 6.56. The number of furan rings is 1. The van der Waals surface area contributed by atoms with E-state index in [9.17, 15) is 4.79 Å². The van der Waals surface area contributed by atoms with Crippen molar-refractivity contribution >= 4 is 5.97 Å². The smallest absolute Gasteiger partial charge is 0.335 e. The summed E-state index contributed by atoms with van der Waals surface area (Å²) in [6, 6.07) is 10.5. The molecule has 4 nitrogen and oxygen atoms in total. The second-order valence-electron chi connectivity index (χ2n) is 4.57. The predicted molar refractivity (Wildman–Crippen MR) is 73.2 cm³/mol. The van der Waals surface area contributed by atoms with Gasteiger partial charge in [0.15, 0.2) is 0 Å². The Hall–Kier alpha value is -2.07. The van der Waals surface area contributed by atoms with Gasteiger partial charge in [-0.3, -0.25) is 0 Å². The number of carboxylic acids is 1. The fourth-order valence-corrected chi connectivity index (χ4v) is 1.97. The molecule has 100 valence electrons. The van der Waals surface area contributed by atoms with Crippen LogP contribution in [0.5, 0.6) is 0 Å². The summed E-state index contributed by atoms with van der Waals surface area (Å²) in [4.78, 5) is 10.9. The second-order valence-corrected chi connectivity index (χ2v) is 4.57. The minimum atomic E-state index is -0.940. The van der Waals surface area contributed by atoms with Gasteiger partial charge in [0.05, 0.1) is 5.56 Å². The molecular formula is C15H17NO3. The quantitative estimate of drug-likeness (QED) is 0.865. The lowest BCUT2D eigenvalue weighted by atomic mass is 10.1. The molecule has 0 spiro atoms. The minimum absolute atomic E-state index is 0.255. The molecule has 3 N–H and O–H groups in total. The Morgan fingerprint density at radius 3 is 2.84 bits per heavy atom. The van der Waals surface area contributed by atoms with Crippen LogP contribution >= 0.6 is 0 Å². The number of carboxylic acid groups (broad SMARTS) is 1. The molecule has 4 heteroatoms. The van der Waals surface area contributed by atoms with E-state index < -0.39 is 5.97 Å². The highest BCUT2D eigenvalue weighted by Gasteiger charge is 2.12. The zero-order chi connectivity index (χ0) is 13.8. The highest BCUT2D eigenvalue weighted by molar-refractivity contribution is 5.89. The first-order valence-corrected chi connectivity index (χ1v) is 6.25. The summed E-state index contributed by atoms with van der Waals surface area (Å²) in [6.45, 7) is 2.68. The lowest BCUT2D eigenvalue weighted by Crippen LogP contribution is -2.03. The lowest BCUT2D eigenvalue weighted by molar-refractivity contribution is 0.0697. The largest absolute Gasteiger partial charge is 0.478 e. The Balaban J connectivity index is 2.27. The molecule has 1 heterocycles. The van der Waals surface area contributed by atoms with Gasteiger partial charge in [-0.05, 0) is 37.2 Å². The average molecular weight is 259 g/mol. The van der Waals surface area contributed by atoms with Gasteiger partial charge in [-0.25, -0.2) is 4.79 Å². The Kier molecular flexibility index (Phi) is 4.02. The molecule has 0 aliphatic heterocycles. The van der Waals surface area contributed by atoms with Crippen molar-refractivity contribution in [2.45, 2.75) is 19.3 Å². The summed E-state index contributed by atoms with van der Waals surface area (Å²) in [6.07, 6.45) is 0.863. The first-order valence-electron chi connectivity index (χ1n) is 6.25.